The highest BCUT2D eigenvalue weighted by molar-refractivity contribution is 9.10. The monoisotopic (exact) mass is 726 g/mol. The van der Waals surface area contributed by atoms with Crippen molar-refractivity contribution in [2.45, 2.75) is 70.0 Å². The van der Waals surface area contributed by atoms with Gasteiger partial charge in [-0.2, -0.15) is 5.10 Å². The van der Waals surface area contributed by atoms with E-state index in [1.165, 1.54) is 0 Å². The Morgan fingerprint density at radius 1 is 1.00 bits per heavy atom. The van der Waals surface area contributed by atoms with E-state index in [4.69, 9.17) is 15.8 Å². The van der Waals surface area contributed by atoms with Crippen molar-refractivity contribution in [2.24, 2.45) is 5.73 Å². The van der Waals surface area contributed by atoms with Crippen molar-refractivity contribution in [3.63, 3.8) is 0 Å². The summed E-state index contributed by atoms with van der Waals surface area (Å²) in [6.45, 7) is 1.38. The van der Waals surface area contributed by atoms with Gasteiger partial charge in [0.15, 0.2) is 5.78 Å². The average Bonchev–Trinajstić information content (AvgIpc) is 3.70. The van der Waals surface area contributed by atoms with E-state index in [0.29, 0.717) is 65.1 Å². The number of ketones is 1. The second-order valence-corrected chi connectivity index (χ2v) is 13.6. The second kappa shape index (κ2) is 13.6. The third-order valence-electron chi connectivity index (χ3n) is 9.49. The van der Waals surface area contributed by atoms with Gasteiger partial charge in [0, 0.05) is 65.3 Å². The van der Waals surface area contributed by atoms with Gasteiger partial charge in [0.2, 0.25) is 17.7 Å². The molecule has 252 valence electrons. The Labute approximate surface area is 290 Å². The van der Waals surface area contributed by atoms with Crippen LogP contribution in [-0.4, -0.2) is 78.1 Å². The minimum Gasteiger partial charge on any atom is -0.370 e. The van der Waals surface area contributed by atoms with Crippen LogP contribution in [0.3, 0.4) is 0 Å². The first-order valence-corrected chi connectivity index (χ1v) is 17.4. The highest BCUT2D eigenvalue weighted by Crippen LogP contribution is 2.44. The first-order chi connectivity index (χ1) is 23.7. The van der Waals surface area contributed by atoms with Crippen LogP contribution < -0.4 is 11.1 Å². The average molecular weight is 728 g/mol. The maximum atomic E-state index is 14.4. The lowest BCUT2D eigenvalue weighted by Crippen LogP contribution is -2.56. The second-order valence-electron chi connectivity index (χ2n) is 12.7. The third-order valence-corrected chi connectivity index (χ3v) is 10.1. The molecular weight excluding hydrogens is 692 g/mol. The van der Waals surface area contributed by atoms with Crippen LogP contribution in [0, 0.1) is 0 Å². The molecule has 0 bridgehead atoms. The number of piperidine rings is 2. The summed E-state index contributed by atoms with van der Waals surface area (Å²) in [6.07, 6.45) is 8.92. The minimum absolute atomic E-state index is 0.122. The minimum atomic E-state index is -0.857. The molecule has 13 nitrogen and oxygen atoms in total. The maximum Gasteiger partial charge on any atom is 0.256 e. The fourth-order valence-electron chi connectivity index (χ4n) is 7.13. The van der Waals surface area contributed by atoms with Crippen LogP contribution in [0.25, 0.3) is 28.0 Å². The Bertz CT molecular complexity index is 2000. The lowest BCUT2D eigenvalue weighted by molar-refractivity contribution is -0.138. The van der Waals surface area contributed by atoms with Crippen molar-refractivity contribution in [2.75, 3.05) is 13.1 Å². The molecule has 5 heterocycles. The molecule has 4 amide bonds. The van der Waals surface area contributed by atoms with Gasteiger partial charge < -0.3 is 10.6 Å². The van der Waals surface area contributed by atoms with E-state index in [1.54, 1.807) is 40.3 Å². The number of amides is 4. The largest absolute Gasteiger partial charge is 0.370 e. The van der Waals surface area contributed by atoms with E-state index in [9.17, 15) is 24.0 Å². The number of benzene rings is 2. The Balaban J connectivity index is 1.37. The fourth-order valence-corrected chi connectivity index (χ4v) is 7.58. The molecule has 2 fully saturated rings. The van der Waals surface area contributed by atoms with Gasteiger partial charge in [-0.15, -0.1) is 0 Å². The molecule has 0 radical (unpaired) electrons. The van der Waals surface area contributed by atoms with Crippen LogP contribution in [0.2, 0.25) is 0 Å². The van der Waals surface area contributed by atoms with Crippen molar-refractivity contribution in [1.29, 1.82) is 0 Å². The van der Waals surface area contributed by atoms with E-state index in [1.807, 2.05) is 18.2 Å². The number of rotatable bonds is 10. The predicted octanol–water partition coefficient (Wildman–Crippen LogP) is 4.22. The lowest BCUT2D eigenvalue weighted by atomic mass is 9.95. The number of aromatic nitrogens is 4. The number of hydrogen-bond donors (Lipinski definition) is 2. The number of nitrogens with two attached hydrogens (primary N) is 1. The van der Waals surface area contributed by atoms with Gasteiger partial charge in [-0.3, -0.25) is 39.2 Å². The van der Waals surface area contributed by atoms with E-state index in [-0.39, 0.29) is 43.3 Å². The zero-order valence-electron chi connectivity index (χ0n) is 26.7. The number of Topliss-reactive ketones (excluding diaryl/α,β-unsaturated/α-hetero) is 1. The number of primary amides is 1. The number of nitrogens with zero attached hydrogens (tertiary/aromatic N) is 6. The molecule has 0 aliphatic carbocycles. The summed E-state index contributed by atoms with van der Waals surface area (Å²) < 4.78 is 2.42. The summed E-state index contributed by atoms with van der Waals surface area (Å²) in [5.74, 6) is -1.79. The number of unbranched alkanes of at least 4 members (excludes halogenated alkanes) is 1. The number of halogens is 1. The molecule has 2 aromatic carbocycles. The quantitative estimate of drug-likeness (QED) is 0.138. The van der Waals surface area contributed by atoms with Crippen molar-refractivity contribution in [1.82, 2.24) is 34.9 Å². The van der Waals surface area contributed by atoms with Crippen LogP contribution in [0.1, 0.15) is 90.2 Å². The maximum absolute atomic E-state index is 14.4. The summed E-state index contributed by atoms with van der Waals surface area (Å²) in [6, 6.07) is 8.12. The molecule has 49 heavy (non-hydrogen) atoms. The standard InChI is InChI=1S/C35H35BrN8O5/c36-23-7-6-8-24-31(23)40-25(18-38-24)20-17-39-43(19-20)32-21(27(45)9-2-3-10-28(37)46)11-12-22-30(32)34(42-15-4-1-5-16-42)44(35(22)49)26-13-14-29(47)41-33(26)48/h6-8,11-12,17-19,26,34H,1-5,9-10,13-16H2,(H2,37,46)(H,41,47,48). The smallest absolute Gasteiger partial charge is 0.256 e. The molecule has 2 unspecified atom stereocenters. The Kier molecular flexibility index (Phi) is 9.07. The van der Waals surface area contributed by atoms with Crippen molar-refractivity contribution in [3.8, 4) is 16.9 Å². The third kappa shape index (κ3) is 6.26. The molecule has 3 N–H and O–H groups in total. The molecule has 3 aliphatic heterocycles. The van der Waals surface area contributed by atoms with Gasteiger partial charge in [-0.1, -0.05) is 12.5 Å². The van der Waals surface area contributed by atoms with Crippen molar-refractivity contribution >= 4 is 56.4 Å². The highest BCUT2D eigenvalue weighted by atomic mass is 79.9. The van der Waals surface area contributed by atoms with Gasteiger partial charge >= 0.3 is 0 Å². The number of para-hydroxylation sites is 1. The molecule has 3 aliphatic rings. The predicted molar refractivity (Wildman–Crippen MR) is 182 cm³/mol. The van der Waals surface area contributed by atoms with Gasteiger partial charge in [-0.25, -0.2) is 9.67 Å². The van der Waals surface area contributed by atoms with Crippen LogP contribution in [0.5, 0.6) is 0 Å². The molecular formula is C35H35BrN8O5. The van der Waals surface area contributed by atoms with Gasteiger partial charge in [0.25, 0.3) is 5.91 Å². The van der Waals surface area contributed by atoms with Crippen molar-refractivity contribution in [3.05, 3.63) is 70.1 Å². The SMILES string of the molecule is NC(=O)CCCCC(=O)c1ccc2c(c1-n1cc(-c3cnc4cccc(Br)c4n3)cn1)C(N1CCCCC1)N(C1CCC(=O)NC1=O)C2=O. The summed E-state index contributed by atoms with van der Waals surface area (Å²) in [5, 5.41) is 7.14. The normalized spacial score (nSPS) is 19.7. The molecule has 2 saturated heterocycles. The van der Waals surface area contributed by atoms with E-state index < -0.39 is 24.0 Å². The Morgan fingerprint density at radius 2 is 1.80 bits per heavy atom. The Morgan fingerprint density at radius 3 is 2.57 bits per heavy atom. The van der Waals surface area contributed by atoms with Gasteiger partial charge in [-0.05, 0) is 72.3 Å². The van der Waals surface area contributed by atoms with Crippen LogP contribution >= 0.6 is 15.9 Å². The highest BCUT2D eigenvalue weighted by Gasteiger charge is 2.49. The summed E-state index contributed by atoms with van der Waals surface area (Å²) in [5.41, 5.74) is 9.79. The number of carbonyl (C=O) groups excluding carboxylic acids is 5. The number of likely N-dealkylation sites (tertiary alicyclic amines) is 1. The lowest BCUT2D eigenvalue weighted by Gasteiger charge is -2.42. The van der Waals surface area contributed by atoms with E-state index in [0.717, 1.165) is 29.3 Å². The first-order valence-electron chi connectivity index (χ1n) is 16.6. The summed E-state index contributed by atoms with van der Waals surface area (Å²) >= 11 is 3.56. The zero-order chi connectivity index (χ0) is 34.2. The van der Waals surface area contributed by atoms with Crippen molar-refractivity contribution < 1.29 is 24.0 Å². The molecule has 0 saturated carbocycles. The fraction of sp³-hybridized carbons (Fsp3) is 0.371. The summed E-state index contributed by atoms with van der Waals surface area (Å²) in [4.78, 5) is 78.2. The number of imide groups is 1. The first kappa shape index (κ1) is 32.7. The number of fused-ring (bicyclic) bond motifs is 2. The summed E-state index contributed by atoms with van der Waals surface area (Å²) in [7, 11) is 0. The molecule has 4 aromatic rings. The number of carbonyl (C=O) groups is 5. The van der Waals surface area contributed by atoms with E-state index in [2.05, 4.69) is 31.1 Å². The van der Waals surface area contributed by atoms with Gasteiger partial charge in [0.05, 0.1) is 29.3 Å². The van der Waals surface area contributed by atoms with Crippen LogP contribution in [0.4, 0.5) is 0 Å². The van der Waals surface area contributed by atoms with Gasteiger partial charge in [0.1, 0.15) is 17.7 Å². The Hall–Kier alpha value is -4.82. The molecule has 0 spiro atoms. The topological polar surface area (TPSA) is 173 Å². The van der Waals surface area contributed by atoms with Crippen LogP contribution in [-0.2, 0) is 14.4 Å². The van der Waals surface area contributed by atoms with E-state index >= 15 is 0 Å². The zero-order valence-corrected chi connectivity index (χ0v) is 28.3. The molecule has 2 atom stereocenters. The van der Waals surface area contributed by atoms with Crippen LogP contribution in [0.15, 0.2) is 53.4 Å². The number of hydrogen-bond acceptors (Lipinski definition) is 9. The molecule has 14 heteroatoms. The molecule has 2 aromatic heterocycles. The number of nitrogens with one attached hydrogen (secondary N) is 1. The molecule has 7 rings (SSSR count).